The molecule has 2 N–H and O–H groups in total. The Bertz CT molecular complexity index is 545. The van der Waals surface area contributed by atoms with Gasteiger partial charge in [0.15, 0.2) is 0 Å². The first-order valence-electron chi connectivity index (χ1n) is 8.49. The van der Waals surface area contributed by atoms with E-state index in [0.29, 0.717) is 32.2 Å². The first kappa shape index (κ1) is 18.5. The lowest BCUT2D eigenvalue weighted by molar-refractivity contribution is -0.178. The smallest absolute Gasteiger partial charge is 0.410 e. The van der Waals surface area contributed by atoms with E-state index in [1.807, 2.05) is 6.07 Å². The number of nitriles is 1. The molecule has 1 saturated heterocycles. The number of carbonyl (C=O) groups excluding carboxylic acids is 2. The van der Waals surface area contributed by atoms with Gasteiger partial charge in [-0.2, -0.15) is 5.26 Å². The number of carbonyl (C=O) groups is 2. The minimum atomic E-state index is -1.28. The van der Waals surface area contributed by atoms with E-state index < -0.39 is 22.7 Å². The van der Waals surface area contributed by atoms with E-state index in [2.05, 4.69) is 5.32 Å². The molecular weight excluding hydrogens is 310 g/mol. The summed E-state index contributed by atoms with van der Waals surface area (Å²) in [6.45, 7) is 5.90. The number of β-amino-alcohol motifs (C(OH)–C–C–N with tert-alkyl or cyclic N) is 1. The Hall–Kier alpha value is -1.81. The minimum Gasteiger partial charge on any atom is -0.444 e. The van der Waals surface area contributed by atoms with Crippen LogP contribution in [0.1, 0.15) is 52.9 Å². The third-order valence-electron chi connectivity index (χ3n) is 4.98. The van der Waals surface area contributed by atoms with Gasteiger partial charge in [0.2, 0.25) is 5.91 Å². The summed E-state index contributed by atoms with van der Waals surface area (Å²) in [4.78, 5) is 26.4. The topological polar surface area (TPSA) is 103 Å². The Morgan fingerprint density at radius 3 is 2.46 bits per heavy atom. The van der Waals surface area contributed by atoms with E-state index in [1.54, 1.807) is 20.8 Å². The van der Waals surface area contributed by atoms with Crippen LogP contribution in [0.25, 0.3) is 0 Å². The van der Waals surface area contributed by atoms with Crippen molar-refractivity contribution < 1.29 is 19.4 Å². The van der Waals surface area contributed by atoms with Crippen molar-refractivity contribution in [1.82, 2.24) is 10.2 Å². The lowest BCUT2D eigenvalue weighted by Crippen LogP contribution is -2.66. The van der Waals surface area contributed by atoms with E-state index in [-0.39, 0.29) is 19.0 Å². The fourth-order valence-electron chi connectivity index (χ4n) is 3.63. The number of nitrogens with zero attached hydrogens (tertiary/aromatic N) is 2. The third-order valence-corrected chi connectivity index (χ3v) is 4.98. The summed E-state index contributed by atoms with van der Waals surface area (Å²) in [5.41, 5.74) is -2.80. The Labute approximate surface area is 142 Å². The van der Waals surface area contributed by atoms with Crippen molar-refractivity contribution in [1.29, 1.82) is 5.26 Å². The van der Waals surface area contributed by atoms with Crippen LogP contribution in [0.2, 0.25) is 0 Å². The van der Waals surface area contributed by atoms with Gasteiger partial charge < -0.3 is 20.1 Å². The van der Waals surface area contributed by atoms with Crippen LogP contribution >= 0.6 is 0 Å². The summed E-state index contributed by atoms with van der Waals surface area (Å²) in [7, 11) is 0. The molecule has 2 aliphatic rings. The second kappa shape index (κ2) is 6.60. The molecule has 7 nitrogen and oxygen atoms in total. The molecule has 0 aromatic carbocycles. The normalized spacial score (nSPS) is 26.0. The van der Waals surface area contributed by atoms with Crippen molar-refractivity contribution in [2.45, 2.75) is 64.1 Å². The largest absolute Gasteiger partial charge is 0.444 e. The SMILES string of the molecule is CC(C)(C)OC(=O)N1CCCC(O)(C2(C(=O)NCC#N)CCC2)C1. The summed E-state index contributed by atoms with van der Waals surface area (Å²) in [5, 5.41) is 22.5. The molecule has 1 saturated carbocycles. The summed E-state index contributed by atoms with van der Waals surface area (Å²) in [5.74, 6) is -0.288. The van der Waals surface area contributed by atoms with Crippen LogP contribution in [0.15, 0.2) is 0 Å². The summed E-state index contributed by atoms with van der Waals surface area (Å²) in [6, 6.07) is 1.89. The number of piperidine rings is 1. The van der Waals surface area contributed by atoms with Crippen molar-refractivity contribution in [3.05, 3.63) is 0 Å². The zero-order valence-corrected chi connectivity index (χ0v) is 14.7. The maximum atomic E-state index is 12.6. The van der Waals surface area contributed by atoms with Gasteiger partial charge in [0.05, 0.1) is 23.6 Å². The van der Waals surface area contributed by atoms with Crippen molar-refractivity contribution >= 4 is 12.0 Å². The van der Waals surface area contributed by atoms with Crippen molar-refractivity contribution in [2.24, 2.45) is 5.41 Å². The van der Waals surface area contributed by atoms with Gasteiger partial charge in [-0.15, -0.1) is 0 Å². The van der Waals surface area contributed by atoms with Gasteiger partial charge in [0.25, 0.3) is 0 Å². The average molecular weight is 337 g/mol. The molecule has 2 rings (SSSR count). The van der Waals surface area contributed by atoms with Crippen LogP contribution in [0.5, 0.6) is 0 Å². The van der Waals surface area contributed by atoms with E-state index >= 15 is 0 Å². The molecule has 2 amide bonds. The Morgan fingerprint density at radius 1 is 1.29 bits per heavy atom. The number of ether oxygens (including phenoxy) is 1. The monoisotopic (exact) mass is 337 g/mol. The van der Waals surface area contributed by atoms with Gasteiger partial charge in [0, 0.05) is 6.54 Å². The molecule has 24 heavy (non-hydrogen) atoms. The van der Waals surface area contributed by atoms with Gasteiger partial charge in [-0.3, -0.25) is 4.79 Å². The fourth-order valence-corrected chi connectivity index (χ4v) is 3.63. The van der Waals surface area contributed by atoms with Gasteiger partial charge in [-0.05, 0) is 46.5 Å². The van der Waals surface area contributed by atoms with Crippen LogP contribution in [0.3, 0.4) is 0 Å². The zero-order valence-electron chi connectivity index (χ0n) is 14.7. The second-order valence-corrected chi connectivity index (χ2v) is 7.81. The van der Waals surface area contributed by atoms with Gasteiger partial charge in [0.1, 0.15) is 12.1 Å². The molecule has 7 heteroatoms. The van der Waals surface area contributed by atoms with Crippen molar-refractivity contribution in [3.63, 3.8) is 0 Å². The maximum Gasteiger partial charge on any atom is 0.410 e. The molecule has 0 aromatic heterocycles. The molecule has 1 aliphatic carbocycles. The minimum absolute atomic E-state index is 0.0769. The average Bonchev–Trinajstić information content (AvgIpc) is 2.41. The van der Waals surface area contributed by atoms with Gasteiger partial charge in [-0.1, -0.05) is 6.42 Å². The van der Waals surface area contributed by atoms with Crippen LogP contribution in [-0.2, 0) is 9.53 Å². The highest BCUT2D eigenvalue weighted by Gasteiger charge is 2.60. The Morgan fingerprint density at radius 2 is 1.96 bits per heavy atom. The molecule has 0 spiro atoms. The van der Waals surface area contributed by atoms with E-state index in [0.717, 1.165) is 6.42 Å². The number of aliphatic hydroxyl groups is 1. The summed E-state index contributed by atoms with van der Waals surface area (Å²) < 4.78 is 5.39. The van der Waals surface area contributed by atoms with Crippen LogP contribution in [0.4, 0.5) is 4.79 Å². The highest BCUT2D eigenvalue weighted by Crippen LogP contribution is 2.52. The number of hydrogen-bond donors (Lipinski definition) is 2. The van der Waals surface area contributed by atoms with Crippen LogP contribution in [-0.4, -0.2) is 52.8 Å². The number of hydrogen-bond acceptors (Lipinski definition) is 5. The predicted octanol–water partition coefficient (Wildman–Crippen LogP) is 1.56. The molecule has 0 aromatic rings. The van der Waals surface area contributed by atoms with Gasteiger partial charge in [-0.25, -0.2) is 4.79 Å². The number of nitrogens with one attached hydrogen (secondary N) is 1. The maximum absolute atomic E-state index is 12.6. The fraction of sp³-hybridized carbons (Fsp3) is 0.824. The van der Waals surface area contributed by atoms with Crippen molar-refractivity contribution in [2.75, 3.05) is 19.6 Å². The quantitative estimate of drug-likeness (QED) is 0.761. The molecular formula is C17H27N3O4. The molecule has 1 atom stereocenters. The zero-order chi connectivity index (χ0) is 18.0. The molecule has 1 heterocycles. The van der Waals surface area contributed by atoms with Gasteiger partial charge >= 0.3 is 6.09 Å². The van der Waals surface area contributed by atoms with Crippen LogP contribution < -0.4 is 5.32 Å². The number of rotatable bonds is 3. The molecule has 0 radical (unpaired) electrons. The molecule has 1 aliphatic heterocycles. The van der Waals surface area contributed by atoms with E-state index in [4.69, 9.17) is 10.00 Å². The molecule has 0 bridgehead atoms. The van der Waals surface area contributed by atoms with E-state index in [9.17, 15) is 14.7 Å². The first-order valence-corrected chi connectivity index (χ1v) is 8.49. The lowest BCUT2D eigenvalue weighted by Gasteiger charge is -2.54. The van der Waals surface area contributed by atoms with Crippen LogP contribution in [0, 0.1) is 16.7 Å². The first-order chi connectivity index (χ1) is 11.1. The molecule has 1 unspecified atom stereocenters. The predicted molar refractivity (Wildman–Crippen MR) is 86.9 cm³/mol. The second-order valence-electron chi connectivity index (χ2n) is 7.81. The number of likely N-dealkylation sites (tertiary alicyclic amines) is 1. The third kappa shape index (κ3) is 3.48. The Balaban J connectivity index is 2.14. The molecule has 134 valence electrons. The summed E-state index contributed by atoms with van der Waals surface area (Å²) in [6.07, 6.45) is 2.61. The summed E-state index contributed by atoms with van der Waals surface area (Å²) >= 11 is 0. The highest BCUT2D eigenvalue weighted by molar-refractivity contribution is 5.85. The molecule has 2 fully saturated rings. The standard InChI is InChI=1S/C17H27N3O4/c1-15(2,3)24-14(22)20-11-5-8-17(23,12-20)16(6-4-7-16)13(21)19-10-9-18/h23H,4-8,10-12H2,1-3H3,(H,19,21). The van der Waals surface area contributed by atoms with Crippen molar-refractivity contribution in [3.8, 4) is 6.07 Å². The highest BCUT2D eigenvalue weighted by atomic mass is 16.6. The van der Waals surface area contributed by atoms with E-state index in [1.165, 1.54) is 4.90 Å². The Kier molecular flexibility index (Phi) is 5.09. The number of amides is 2. The lowest BCUT2D eigenvalue weighted by atomic mass is 9.56.